The number of ether oxygens (including phenoxy) is 1. The number of aromatic nitrogens is 4. The van der Waals surface area contributed by atoms with Crippen LogP contribution in [0.2, 0.25) is 5.02 Å². The van der Waals surface area contributed by atoms with Crippen LogP contribution in [0.3, 0.4) is 0 Å². The molecule has 0 atom stereocenters. The Hall–Kier alpha value is -2.05. The van der Waals surface area contributed by atoms with E-state index in [1.54, 1.807) is 24.2 Å². The highest BCUT2D eigenvalue weighted by Gasteiger charge is 2.13. The molecule has 0 bridgehead atoms. The SMILES string of the molecule is CCCn1c(SCCOc2ccc(Cl)cc2)nnc1-c1ccncc1. The molecular formula is C18H19ClN4OS. The van der Waals surface area contributed by atoms with Crippen molar-refractivity contribution in [3.63, 3.8) is 0 Å². The summed E-state index contributed by atoms with van der Waals surface area (Å²) in [5, 5.41) is 10.3. The highest BCUT2D eigenvalue weighted by Crippen LogP contribution is 2.24. The van der Waals surface area contributed by atoms with E-state index in [2.05, 4.69) is 26.7 Å². The van der Waals surface area contributed by atoms with Crippen molar-refractivity contribution in [3.05, 3.63) is 53.8 Å². The minimum absolute atomic E-state index is 0.593. The molecule has 5 nitrogen and oxygen atoms in total. The van der Waals surface area contributed by atoms with E-state index in [4.69, 9.17) is 16.3 Å². The van der Waals surface area contributed by atoms with Crippen LogP contribution in [0.5, 0.6) is 5.75 Å². The first-order chi connectivity index (χ1) is 12.3. The van der Waals surface area contributed by atoms with Gasteiger partial charge in [0.25, 0.3) is 0 Å². The average Bonchev–Trinajstić information content (AvgIpc) is 3.04. The van der Waals surface area contributed by atoms with E-state index in [0.29, 0.717) is 11.6 Å². The largest absolute Gasteiger partial charge is 0.493 e. The van der Waals surface area contributed by atoms with E-state index in [9.17, 15) is 0 Å². The van der Waals surface area contributed by atoms with Crippen LogP contribution in [0.15, 0.2) is 53.9 Å². The zero-order chi connectivity index (χ0) is 17.5. The number of thioether (sulfide) groups is 1. The summed E-state index contributed by atoms with van der Waals surface area (Å²) in [6.07, 6.45) is 4.56. The number of pyridine rings is 1. The molecule has 0 N–H and O–H groups in total. The molecule has 2 aromatic heterocycles. The van der Waals surface area contributed by atoms with Gasteiger partial charge in [-0.25, -0.2) is 0 Å². The Labute approximate surface area is 156 Å². The highest BCUT2D eigenvalue weighted by molar-refractivity contribution is 7.99. The third-order valence-electron chi connectivity index (χ3n) is 3.50. The summed E-state index contributed by atoms with van der Waals surface area (Å²) in [6.45, 7) is 3.62. The molecule has 0 aliphatic rings. The Bertz CT molecular complexity index is 793. The third kappa shape index (κ3) is 4.74. The Morgan fingerprint density at radius 2 is 1.84 bits per heavy atom. The fraction of sp³-hybridized carbons (Fsp3) is 0.278. The number of hydrogen-bond donors (Lipinski definition) is 0. The first-order valence-electron chi connectivity index (χ1n) is 8.12. The van der Waals surface area contributed by atoms with Crippen LogP contribution in [0, 0.1) is 0 Å². The highest BCUT2D eigenvalue weighted by atomic mass is 35.5. The molecule has 0 unspecified atom stereocenters. The lowest BCUT2D eigenvalue weighted by Gasteiger charge is -2.09. The molecule has 0 radical (unpaired) electrons. The molecule has 7 heteroatoms. The quantitative estimate of drug-likeness (QED) is 0.427. The maximum absolute atomic E-state index is 5.87. The smallest absolute Gasteiger partial charge is 0.191 e. The van der Waals surface area contributed by atoms with Gasteiger partial charge in [0.15, 0.2) is 11.0 Å². The van der Waals surface area contributed by atoms with Gasteiger partial charge in [-0.05, 0) is 42.8 Å². The number of halogens is 1. The lowest BCUT2D eigenvalue weighted by Crippen LogP contribution is -2.04. The van der Waals surface area contributed by atoms with Gasteiger partial charge in [0.2, 0.25) is 0 Å². The van der Waals surface area contributed by atoms with E-state index in [1.165, 1.54) is 0 Å². The monoisotopic (exact) mass is 374 g/mol. The summed E-state index contributed by atoms with van der Waals surface area (Å²) in [6, 6.07) is 11.3. The second-order valence-corrected chi connectivity index (χ2v) is 6.84. The van der Waals surface area contributed by atoms with Crippen LogP contribution in [0.4, 0.5) is 0 Å². The molecule has 0 fully saturated rings. The Balaban J connectivity index is 1.62. The van der Waals surface area contributed by atoms with Crippen molar-refractivity contribution in [2.45, 2.75) is 25.0 Å². The fourth-order valence-corrected chi connectivity index (χ4v) is 3.27. The van der Waals surface area contributed by atoms with E-state index in [-0.39, 0.29) is 0 Å². The van der Waals surface area contributed by atoms with Gasteiger partial charge in [0, 0.05) is 35.3 Å². The van der Waals surface area contributed by atoms with Crippen LogP contribution < -0.4 is 4.74 Å². The van der Waals surface area contributed by atoms with Crippen molar-refractivity contribution in [3.8, 4) is 17.1 Å². The number of benzene rings is 1. The van der Waals surface area contributed by atoms with Crippen molar-refractivity contribution in [2.75, 3.05) is 12.4 Å². The molecule has 0 saturated heterocycles. The average molecular weight is 375 g/mol. The van der Waals surface area contributed by atoms with Gasteiger partial charge >= 0.3 is 0 Å². The Morgan fingerprint density at radius 3 is 2.56 bits per heavy atom. The van der Waals surface area contributed by atoms with Gasteiger partial charge in [-0.2, -0.15) is 0 Å². The normalized spacial score (nSPS) is 10.8. The molecule has 0 aliphatic carbocycles. The Morgan fingerprint density at radius 1 is 1.08 bits per heavy atom. The van der Waals surface area contributed by atoms with Gasteiger partial charge in [-0.15, -0.1) is 10.2 Å². The van der Waals surface area contributed by atoms with Crippen molar-refractivity contribution >= 4 is 23.4 Å². The minimum Gasteiger partial charge on any atom is -0.493 e. The molecule has 3 rings (SSSR count). The summed E-state index contributed by atoms with van der Waals surface area (Å²) >= 11 is 7.52. The first-order valence-corrected chi connectivity index (χ1v) is 9.49. The maximum atomic E-state index is 5.87. The van der Waals surface area contributed by atoms with Crippen LogP contribution in [0.25, 0.3) is 11.4 Å². The van der Waals surface area contributed by atoms with Gasteiger partial charge in [-0.3, -0.25) is 4.98 Å². The Kier molecular flexibility index (Phi) is 6.30. The number of rotatable bonds is 8. The summed E-state index contributed by atoms with van der Waals surface area (Å²) in [4.78, 5) is 4.06. The maximum Gasteiger partial charge on any atom is 0.191 e. The van der Waals surface area contributed by atoms with Gasteiger partial charge in [0.05, 0.1) is 6.61 Å². The zero-order valence-corrected chi connectivity index (χ0v) is 15.5. The summed E-state index contributed by atoms with van der Waals surface area (Å²) in [7, 11) is 0. The minimum atomic E-state index is 0.593. The standard InChI is InChI=1S/C18H19ClN4OS/c1-2-11-23-17(14-7-9-20-10-8-14)21-22-18(23)25-13-12-24-16-5-3-15(19)4-6-16/h3-10H,2,11-13H2,1H3. The lowest BCUT2D eigenvalue weighted by atomic mass is 10.2. The zero-order valence-electron chi connectivity index (χ0n) is 13.9. The molecule has 0 amide bonds. The topological polar surface area (TPSA) is 52.8 Å². The predicted molar refractivity (Wildman–Crippen MR) is 101 cm³/mol. The number of nitrogens with zero attached hydrogens (tertiary/aromatic N) is 4. The predicted octanol–water partition coefficient (Wildman–Crippen LogP) is 4.57. The van der Waals surface area contributed by atoms with E-state index < -0.39 is 0 Å². The van der Waals surface area contributed by atoms with Crippen LogP contribution in [0.1, 0.15) is 13.3 Å². The first kappa shape index (κ1) is 17.8. The van der Waals surface area contributed by atoms with E-state index in [0.717, 1.165) is 41.0 Å². The molecule has 3 aromatic rings. The molecule has 130 valence electrons. The van der Waals surface area contributed by atoms with E-state index in [1.807, 2.05) is 36.4 Å². The van der Waals surface area contributed by atoms with E-state index >= 15 is 0 Å². The second kappa shape index (κ2) is 8.87. The summed E-state index contributed by atoms with van der Waals surface area (Å²) < 4.78 is 7.88. The molecule has 0 aliphatic heterocycles. The van der Waals surface area contributed by atoms with Crippen LogP contribution in [-0.2, 0) is 6.54 Å². The molecule has 25 heavy (non-hydrogen) atoms. The van der Waals surface area contributed by atoms with Crippen molar-refractivity contribution in [2.24, 2.45) is 0 Å². The van der Waals surface area contributed by atoms with Crippen molar-refractivity contribution in [1.29, 1.82) is 0 Å². The lowest BCUT2D eigenvalue weighted by molar-refractivity contribution is 0.344. The van der Waals surface area contributed by atoms with Gasteiger partial charge < -0.3 is 9.30 Å². The summed E-state index contributed by atoms with van der Waals surface area (Å²) in [5.74, 6) is 2.49. The van der Waals surface area contributed by atoms with Crippen molar-refractivity contribution < 1.29 is 4.74 Å². The van der Waals surface area contributed by atoms with Gasteiger partial charge in [-0.1, -0.05) is 30.3 Å². The third-order valence-corrected chi connectivity index (χ3v) is 4.68. The van der Waals surface area contributed by atoms with Gasteiger partial charge in [0.1, 0.15) is 5.75 Å². The van der Waals surface area contributed by atoms with Crippen LogP contribution in [-0.4, -0.2) is 32.1 Å². The van der Waals surface area contributed by atoms with Crippen molar-refractivity contribution in [1.82, 2.24) is 19.7 Å². The molecule has 2 heterocycles. The fourth-order valence-electron chi connectivity index (χ4n) is 2.36. The summed E-state index contributed by atoms with van der Waals surface area (Å²) in [5.41, 5.74) is 1.03. The number of hydrogen-bond acceptors (Lipinski definition) is 5. The molecular weight excluding hydrogens is 356 g/mol. The van der Waals surface area contributed by atoms with Crippen LogP contribution >= 0.6 is 23.4 Å². The molecule has 0 saturated carbocycles. The molecule has 1 aromatic carbocycles. The second-order valence-electron chi connectivity index (χ2n) is 5.34. The molecule has 0 spiro atoms.